The Kier molecular flexibility index (Phi) is 5.50. The number of hydrogen-bond donors (Lipinski definition) is 1. The second-order valence-corrected chi connectivity index (χ2v) is 7.16. The quantitative estimate of drug-likeness (QED) is 0.857. The number of aliphatic hydroxyl groups is 1. The van der Waals surface area contributed by atoms with Crippen molar-refractivity contribution in [2.24, 2.45) is 11.8 Å². The van der Waals surface area contributed by atoms with Gasteiger partial charge in [0.15, 0.2) is 0 Å². The first-order valence-electron chi connectivity index (χ1n) is 7.71. The van der Waals surface area contributed by atoms with Crippen molar-refractivity contribution in [1.29, 1.82) is 0 Å². The van der Waals surface area contributed by atoms with Gasteiger partial charge in [0.05, 0.1) is 11.8 Å². The zero-order valence-electron chi connectivity index (χ0n) is 12.8. The van der Waals surface area contributed by atoms with Crippen molar-refractivity contribution in [1.82, 2.24) is 0 Å². The normalized spacial score (nSPS) is 21.9. The molecule has 1 fully saturated rings. The van der Waals surface area contributed by atoms with E-state index >= 15 is 0 Å². The van der Waals surface area contributed by atoms with Crippen LogP contribution in [0.5, 0.6) is 0 Å². The lowest BCUT2D eigenvalue weighted by atomic mass is 9.89. The van der Waals surface area contributed by atoms with Crippen molar-refractivity contribution in [3.63, 3.8) is 0 Å². The molecule has 1 aromatic carbocycles. The summed E-state index contributed by atoms with van der Waals surface area (Å²) in [4.78, 5) is 2.48. The van der Waals surface area contributed by atoms with E-state index < -0.39 is 6.10 Å². The van der Waals surface area contributed by atoms with Crippen LogP contribution in [0.2, 0.25) is 0 Å². The van der Waals surface area contributed by atoms with Gasteiger partial charge in [-0.05, 0) is 71.6 Å². The number of nitrogens with zero attached hydrogens (tertiary/aromatic N) is 1. The summed E-state index contributed by atoms with van der Waals surface area (Å²) in [6.07, 6.45) is 3.49. The molecule has 1 N–H and O–H groups in total. The number of anilines is 1. The molecule has 112 valence electrons. The predicted octanol–water partition coefficient (Wildman–Crippen LogP) is 4.76. The Balaban J connectivity index is 2.12. The molecular weight excluding hydrogens is 314 g/mol. The molecule has 0 saturated carbocycles. The fraction of sp³-hybridized carbons (Fsp3) is 0.647. The maximum atomic E-state index is 9.66. The average molecular weight is 340 g/mol. The summed E-state index contributed by atoms with van der Waals surface area (Å²) >= 11 is 3.67. The molecule has 20 heavy (non-hydrogen) atoms. The van der Waals surface area contributed by atoms with Crippen LogP contribution < -0.4 is 4.90 Å². The Morgan fingerprint density at radius 2 is 1.95 bits per heavy atom. The first-order chi connectivity index (χ1) is 9.49. The zero-order valence-corrected chi connectivity index (χ0v) is 14.4. The lowest BCUT2D eigenvalue weighted by Gasteiger charge is -2.25. The van der Waals surface area contributed by atoms with Gasteiger partial charge in [0.25, 0.3) is 0 Å². The summed E-state index contributed by atoms with van der Waals surface area (Å²) in [5.74, 6) is 1.64. The second kappa shape index (κ2) is 6.95. The summed E-state index contributed by atoms with van der Waals surface area (Å²) in [7, 11) is 0. The van der Waals surface area contributed by atoms with E-state index in [0.717, 1.165) is 35.0 Å². The minimum absolute atomic E-state index is 0.408. The minimum Gasteiger partial charge on any atom is -0.389 e. The van der Waals surface area contributed by atoms with E-state index in [1.54, 1.807) is 6.92 Å². The third-order valence-electron chi connectivity index (χ3n) is 4.51. The highest BCUT2D eigenvalue weighted by atomic mass is 79.9. The molecule has 3 heteroatoms. The Morgan fingerprint density at radius 1 is 1.20 bits per heavy atom. The standard InChI is InChI=1S/C17H26BrNO/c1-12(2)14-5-4-9-19(10-8-14)17-7-6-15(13(3)20)11-16(17)18/h6-7,11-14,20H,4-5,8-10H2,1-3H3/t13-,14?/m1/s1. The van der Waals surface area contributed by atoms with Crippen LogP contribution in [-0.2, 0) is 0 Å². The molecule has 1 aliphatic heterocycles. The summed E-state index contributed by atoms with van der Waals surface area (Å²) in [5.41, 5.74) is 2.23. The Hall–Kier alpha value is -0.540. The first-order valence-corrected chi connectivity index (χ1v) is 8.50. The Morgan fingerprint density at radius 3 is 2.55 bits per heavy atom. The number of halogens is 1. The van der Waals surface area contributed by atoms with Crippen LogP contribution in [0.4, 0.5) is 5.69 Å². The monoisotopic (exact) mass is 339 g/mol. The molecule has 1 unspecified atom stereocenters. The van der Waals surface area contributed by atoms with Crippen molar-refractivity contribution in [3.8, 4) is 0 Å². The van der Waals surface area contributed by atoms with E-state index in [1.807, 2.05) is 12.1 Å². The van der Waals surface area contributed by atoms with Gasteiger partial charge in [-0.3, -0.25) is 0 Å². The van der Waals surface area contributed by atoms with Crippen molar-refractivity contribution in [2.75, 3.05) is 18.0 Å². The van der Waals surface area contributed by atoms with Crippen molar-refractivity contribution >= 4 is 21.6 Å². The molecule has 0 spiro atoms. The van der Waals surface area contributed by atoms with Gasteiger partial charge in [-0.15, -0.1) is 0 Å². The smallest absolute Gasteiger partial charge is 0.0762 e. The number of benzene rings is 1. The fourth-order valence-electron chi connectivity index (χ4n) is 3.07. The fourth-order valence-corrected chi connectivity index (χ4v) is 3.72. The third-order valence-corrected chi connectivity index (χ3v) is 5.15. The molecule has 0 aromatic heterocycles. The van der Waals surface area contributed by atoms with E-state index in [2.05, 4.69) is 40.7 Å². The molecule has 0 aliphatic carbocycles. The van der Waals surface area contributed by atoms with E-state index in [1.165, 1.54) is 24.9 Å². The summed E-state index contributed by atoms with van der Waals surface area (Å²) < 4.78 is 1.10. The van der Waals surface area contributed by atoms with Gasteiger partial charge in [-0.25, -0.2) is 0 Å². The van der Waals surface area contributed by atoms with Gasteiger partial charge in [-0.1, -0.05) is 19.9 Å². The topological polar surface area (TPSA) is 23.5 Å². The Bertz CT molecular complexity index is 445. The maximum Gasteiger partial charge on any atom is 0.0762 e. The second-order valence-electron chi connectivity index (χ2n) is 6.31. The third kappa shape index (κ3) is 3.76. The lowest BCUT2D eigenvalue weighted by Crippen LogP contribution is -2.25. The molecule has 0 radical (unpaired) electrons. The summed E-state index contributed by atoms with van der Waals surface area (Å²) in [6, 6.07) is 6.22. The van der Waals surface area contributed by atoms with E-state index in [9.17, 15) is 5.11 Å². The highest BCUT2D eigenvalue weighted by molar-refractivity contribution is 9.10. The minimum atomic E-state index is -0.408. The Labute approximate surface area is 131 Å². The molecule has 1 heterocycles. The van der Waals surface area contributed by atoms with Crippen LogP contribution in [0.25, 0.3) is 0 Å². The number of rotatable bonds is 3. The van der Waals surface area contributed by atoms with Crippen molar-refractivity contribution in [3.05, 3.63) is 28.2 Å². The first kappa shape index (κ1) is 15.8. The molecular formula is C17H26BrNO. The van der Waals surface area contributed by atoms with Gasteiger partial charge < -0.3 is 10.0 Å². The van der Waals surface area contributed by atoms with Gasteiger partial charge in [0, 0.05) is 17.6 Å². The van der Waals surface area contributed by atoms with Crippen LogP contribution in [0.15, 0.2) is 22.7 Å². The van der Waals surface area contributed by atoms with Gasteiger partial charge in [-0.2, -0.15) is 0 Å². The zero-order chi connectivity index (χ0) is 14.7. The molecule has 0 amide bonds. The van der Waals surface area contributed by atoms with Crippen LogP contribution in [0.3, 0.4) is 0 Å². The number of hydrogen-bond acceptors (Lipinski definition) is 2. The van der Waals surface area contributed by atoms with E-state index in [4.69, 9.17) is 0 Å². The van der Waals surface area contributed by atoms with Crippen LogP contribution in [0, 0.1) is 11.8 Å². The highest BCUT2D eigenvalue weighted by Gasteiger charge is 2.20. The maximum absolute atomic E-state index is 9.66. The predicted molar refractivity (Wildman–Crippen MR) is 89.2 cm³/mol. The molecule has 2 rings (SSSR count). The number of aliphatic hydroxyl groups excluding tert-OH is 1. The highest BCUT2D eigenvalue weighted by Crippen LogP contribution is 2.33. The molecule has 2 atom stereocenters. The molecule has 2 nitrogen and oxygen atoms in total. The largest absolute Gasteiger partial charge is 0.389 e. The van der Waals surface area contributed by atoms with Gasteiger partial charge in [0.1, 0.15) is 0 Å². The molecule has 0 bridgehead atoms. The van der Waals surface area contributed by atoms with E-state index in [-0.39, 0.29) is 0 Å². The average Bonchev–Trinajstić information content (AvgIpc) is 2.64. The van der Waals surface area contributed by atoms with Crippen LogP contribution >= 0.6 is 15.9 Å². The molecule has 1 aromatic rings. The lowest BCUT2D eigenvalue weighted by molar-refractivity contribution is 0.199. The van der Waals surface area contributed by atoms with Crippen LogP contribution in [-0.4, -0.2) is 18.2 Å². The van der Waals surface area contributed by atoms with Gasteiger partial charge >= 0.3 is 0 Å². The van der Waals surface area contributed by atoms with E-state index in [0.29, 0.717) is 0 Å². The van der Waals surface area contributed by atoms with Crippen molar-refractivity contribution < 1.29 is 5.11 Å². The van der Waals surface area contributed by atoms with Crippen LogP contribution in [0.1, 0.15) is 51.7 Å². The molecule has 1 saturated heterocycles. The van der Waals surface area contributed by atoms with Gasteiger partial charge in [0.2, 0.25) is 0 Å². The molecule has 1 aliphatic rings. The SMILES string of the molecule is CC(C)C1CCCN(c2ccc([C@@H](C)O)cc2Br)CC1. The summed E-state index contributed by atoms with van der Waals surface area (Å²) in [6.45, 7) is 8.76. The van der Waals surface area contributed by atoms with Crippen molar-refractivity contribution in [2.45, 2.75) is 46.1 Å². The summed E-state index contributed by atoms with van der Waals surface area (Å²) in [5, 5.41) is 9.66.